The van der Waals surface area contributed by atoms with Crippen molar-refractivity contribution < 1.29 is 14.6 Å². The van der Waals surface area contributed by atoms with Crippen LogP contribution in [0.4, 0.5) is 0 Å². The van der Waals surface area contributed by atoms with Gasteiger partial charge in [0.25, 0.3) is 5.91 Å². The van der Waals surface area contributed by atoms with Crippen LogP contribution in [-0.2, 0) is 0 Å². The van der Waals surface area contributed by atoms with Crippen LogP contribution in [0.15, 0.2) is 36.8 Å². The summed E-state index contributed by atoms with van der Waals surface area (Å²) >= 11 is 0. The van der Waals surface area contributed by atoms with Gasteiger partial charge in [0.15, 0.2) is 0 Å². The Morgan fingerprint density at radius 1 is 1.36 bits per heavy atom. The molecule has 3 heterocycles. The lowest BCUT2D eigenvalue weighted by atomic mass is 9.99. The summed E-state index contributed by atoms with van der Waals surface area (Å²) in [6.45, 7) is 5.04. The summed E-state index contributed by atoms with van der Waals surface area (Å²) in [5, 5.41) is 9.69. The Morgan fingerprint density at radius 3 is 2.79 bits per heavy atom. The van der Waals surface area contributed by atoms with Gasteiger partial charge in [-0.2, -0.15) is 0 Å². The Morgan fingerprint density at radius 2 is 2.14 bits per heavy atom. The molecule has 2 aromatic heterocycles. The third kappa shape index (κ3) is 4.31. The van der Waals surface area contributed by atoms with E-state index in [1.54, 1.807) is 23.5 Å². The predicted octanol–water partition coefficient (Wildman–Crippen LogP) is 1.93. The van der Waals surface area contributed by atoms with Crippen LogP contribution in [-0.4, -0.2) is 76.7 Å². The standard InChI is InChI=1S/C21H28N4O3/c1-14-11-25(15(2)13-26)21(27)18-8-17(16-6-5-7-22-9-16)10-23-20(18)28-19(14)12-24(3)4/h5-10,14-15,19,26H,11-13H2,1-4H3/t14-,15+,19+/m0/s1. The van der Waals surface area contributed by atoms with Crippen LogP contribution in [0.1, 0.15) is 24.2 Å². The van der Waals surface area contributed by atoms with E-state index in [9.17, 15) is 9.90 Å². The Bertz CT molecular complexity index is 813. The Balaban J connectivity index is 2.06. The highest BCUT2D eigenvalue weighted by molar-refractivity contribution is 5.98. The minimum Gasteiger partial charge on any atom is -0.472 e. The quantitative estimate of drug-likeness (QED) is 0.849. The highest BCUT2D eigenvalue weighted by atomic mass is 16.5. The number of nitrogens with zero attached hydrogens (tertiary/aromatic N) is 4. The molecule has 7 heteroatoms. The number of hydrogen-bond acceptors (Lipinski definition) is 6. The first-order valence-corrected chi connectivity index (χ1v) is 9.54. The minimum absolute atomic E-state index is 0.0910. The maximum Gasteiger partial charge on any atom is 0.259 e. The average molecular weight is 384 g/mol. The number of fused-ring (bicyclic) bond motifs is 1. The van der Waals surface area contributed by atoms with E-state index in [1.807, 2.05) is 39.2 Å². The van der Waals surface area contributed by atoms with E-state index in [1.165, 1.54) is 0 Å². The zero-order valence-corrected chi connectivity index (χ0v) is 16.9. The maximum absolute atomic E-state index is 13.3. The van der Waals surface area contributed by atoms with Crippen LogP contribution >= 0.6 is 0 Å². The summed E-state index contributed by atoms with van der Waals surface area (Å²) in [4.78, 5) is 25.7. The van der Waals surface area contributed by atoms with Crippen molar-refractivity contribution >= 4 is 5.91 Å². The molecule has 1 aliphatic heterocycles. The van der Waals surface area contributed by atoms with E-state index in [-0.39, 0.29) is 30.6 Å². The smallest absolute Gasteiger partial charge is 0.259 e. The first-order valence-electron chi connectivity index (χ1n) is 9.54. The predicted molar refractivity (Wildman–Crippen MR) is 107 cm³/mol. The van der Waals surface area contributed by atoms with E-state index in [0.29, 0.717) is 24.5 Å². The van der Waals surface area contributed by atoms with Crippen molar-refractivity contribution in [1.82, 2.24) is 19.8 Å². The van der Waals surface area contributed by atoms with E-state index in [0.717, 1.165) is 11.1 Å². The molecule has 0 aliphatic carbocycles. The fraction of sp³-hybridized carbons (Fsp3) is 0.476. The molecule has 1 N–H and O–H groups in total. The van der Waals surface area contributed by atoms with Crippen LogP contribution in [0.3, 0.4) is 0 Å². The zero-order chi connectivity index (χ0) is 20.3. The first kappa shape index (κ1) is 20.2. The molecule has 0 fully saturated rings. The van der Waals surface area contributed by atoms with Gasteiger partial charge in [-0.3, -0.25) is 9.78 Å². The van der Waals surface area contributed by atoms with Gasteiger partial charge in [-0.15, -0.1) is 0 Å². The van der Waals surface area contributed by atoms with Crippen LogP contribution in [0.2, 0.25) is 0 Å². The largest absolute Gasteiger partial charge is 0.472 e. The van der Waals surface area contributed by atoms with Crippen molar-refractivity contribution in [2.45, 2.75) is 26.0 Å². The number of carbonyl (C=O) groups is 1. The van der Waals surface area contributed by atoms with Crippen molar-refractivity contribution in [3.05, 3.63) is 42.4 Å². The number of carbonyl (C=O) groups excluding carboxylic acids is 1. The Labute approximate surface area is 166 Å². The number of aromatic nitrogens is 2. The molecule has 0 saturated heterocycles. The number of amides is 1. The summed E-state index contributed by atoms with van der Waals surface area (Å²) < 4.78 is 6.20. The van der Waals surface area contributed by atoms with Gasteiger partial charge < -0.3 is 19.6 Å². The summed E-state index contributed by atoms with van der Waals surface area (Å²) in [6.07, 6.45) is 5.04. The molecule has 1 aliphatic rings. The van der Waals surface area contributed by atoms with Gasteiger partial charge >= 0.3 is 0 Å². The van der Waals surface area contributed by atoms with Crippen LogP contribution in [0, 0.1) is 5.92 Å². The fourth-order valence-corrected chi connectivity index (χ4v) is 3.37. The molecule has 0 bridgehead atoms. The minimum atomic E-state index is -0.289. The molecule has 7 nitrogen and oxygen atoms in total. The molecule has 3 rings (SSSR count). The van der Waals surface area contributed by atoms with E-state index >= 15 is 0 Å². The van der Waals surface area contributed by atoms with Crippen molar-refractivity contribution in [3.63, 3.8) is 0 Å². The fourth-order valence-electron chi connectivity index (χ4n) is 3.37. The maximum atomic E-state index is 13.3. The second kappa shape index (κ2) is 8.67. The van der Waals surface area contributed by atoms with Gasteiger partial charge in [-0.05, 0) is 33.2 Å². The SMILES string of the molecule is C[C@H](CO)N1C[C@H](C)[C@@H](CN(C)C)Oc2ncc(-c3cccnc3)cc2C1=O. The molecule has 0 aromatic carbocycles. The van der Waals surface area contributed by atoms with Gasteiger partial charge in [-0.1, -0.05) is 13.0 Å². The number of rotatable bonds is 5. The molecule has 150 valence electrons. The van der Waals surface area contributed by atoms with Gasteiger partial charge in [0.2, 0.25) is 5.88 Å². The van der Waals surface area contributed by atoms with Crippen molar-refractivity contribution in [1.29, 1.82) is 0 Å². The first-order chi connectivity index (χ1) is 13.4. The lowest BCUT2D eigenvalue weighted by Crippen LogP contribution is -2.49. The highest BCUT2D eigenvalue weighted by Gasteiger charge is 2.33. The molecular formula is C21H28N4O3. The summed E-state index contributed by atoms with van der Waals surface area (Å²) in [7, 11) is 3.99. The lowest BCUT2D eigenvalue weighted by Gasteiger charge is -2.37. The summed E-state index contributed by atoms with van der Waals surface area (Å²) in [5.74, 6) is 0.254. The summed E-state index contributed by atoms with van der Waals surface area (Å²) in [5.41, 5.74) is 2.10. The van der Waals surface area contributed by atoms with Crippen LogP contribution in [0.25, 0.3) is 11.1 Å². The molecule has 0 saturated carbocycles. The third-order valence-corrected chi connectivity index (χ3v) is 5.06. The lowest BCUT2D eigenvalue weighted by molar-refractivity contribution is 0.0348. The third-order valence-electron chi connectivity index (χ3n) is 5.06. The van der Waals surface area contributed by atoms with Crippen molar-refractivity contribution in [2.75, 3.05) is 33.8 Å². The number of aliphatic hydroxyl groups excluding tert-OH is 1. The van der Waals surface area contributed by atoms with E-state index in [4.69, 9.17) is 4.74 Å². The van der Waals surface area contributed by atoms with Gasteiger partial charge in [0, 0.05) is 48.7 Å². The number of pyridine rings is 2. The molecule has 0 spiro atoms. The van der Waals surface area contributed by atoms with Gasteiger partial charge in [0.1, 0.15) is 11.7 Å². The molecule has 3 atom stereocenters. The molecule has 1 amide bonds. The normalized spacial score (nSPS) is 20.9. The Hall–Kier alpha value is -2.51. The molecule has 2 aromatic rings. The van der Waals surface area contributed by atoms with Crippen LogP contribution < -0.4 is 4.74 Å². The monoisotopic (exact) mass is 384 g/mol. The number of aliphatic hydroxyl groups is 1. The number of ether oxygens (including phenoxy) is 1. The van der Waals surface area contributed by atoms with Gasteiger partial charge in [0.05, 0.1) is 12.6 Å². The molecule has 28 heavy (non-hydrogen) atoms. The zero-order valence-electron chi connectivity index (χ0n) is 16.9. The molecule has 0 radical (unpaired) electrons. The highest BCUT2D eigenvalue weighted by Crippen LogP contribution is 2.30. The Kier molecular flexibility index (Phi) is 6.26. The molecular weight excluding hydrogens is 356 g/mol. The second-order valence-electron chi connectivity index (χ2n) is 7.70. The summed E-state index contributed by atoms with van der Waals surface area (Å²) in [6, 6.07) is 5.29. The topological polar surface area (TPSA) is 78.8 Å². The number of likely N-dealkylation sites (N-methyl/N-ethyl adjacent to an activating group) is 1. The second-order valence-corrected chi connectivity index (χ2v) is 7.70. The average Bonchev–Trinajstić information content (AvgIpc) is 2.70. The van der Waals surface area contributed by atoms with Crippen molar-refractivity contribution in [2.24, 2.45) is 5.92 Å². The van der Waals surface area contributed by atoms with Crippen LogP contribution in [0.5, 0.6) is 5.88 Å². The van der Waals surface area contributed by atoms with Gasteiger partial charge in [-0.25, -0.2) is 4.98 Å². The number of hydrogen-bond donors (Lipinski definition) is 1. The molecule has 0 unspecified atom stereocenters. The van der Waals surface area contributed by atoms with E-state index < -0.39 is 0 Å². The van der Waals surface area contributed by atoms with Crippen molar-refractivity contribution in [3.8, 4) is 17.0 Å². The van der Waals surface area contributed by atoms with E-state index in [2.05, 4.69) is 21.8 Å².